The lowest BCUT2D eigenvalue weighted by atomic mass is 10.1. The Morgan fingerprint density at radius 2 is 2.16 bits per heavy atom. The predicted octanol–water partition coefficient (Wildman–Crippen LogP) is 2.88. The van der Waals surface area contributed by atoms with Crippen molar-refractivity contribution in [3.63, 3.8) is 0 Å². The van der Waals surface area contributed by atoms with E-state index in [9.17, 15) is 4.79 Å². The van der Waals surface area contributed by atoms with Crippen LogP contribution in [0.2, 0.25) is 0 Å². The molecule has 5 heteroatoms. The maximum Gasteiger partial charge on any atom is 0.245 e. The summed E-state index contributed by atoms with van der Waals surface area (Å²) in [4.78, 5) is 13.9. The first-order valence-electron chi connectivity index (χ1n) is 6.58. The van der Waals surface area contributed by atoms with Crippen molar-refractivity contribution in [2.45, 2.75) is 26.8 Å². The van der Waals surface area contributed by atoms with E-state index in [0.717, 1.165) is 34.5 Å². The lowest BCUT2D eigenvalue weighted by Gasteiger charge is -2.27. The van der Waals surface area contributed by atoms with Crippen LogP contribution in [0.1, 0.15) is 32.4 Å². The monoisotopic (exact) mass is 325 g/mol. The van der Waals surface area contributed by atoms with Crippen molar-refractivity contribution >= 4 is 33.2 Å². The Balaban J connectivity index is 2.38. The quantitative estimate of drug-likeness (QED) is 0.894. The Hall–Kier alpha value is -1.07. The summed E-state index contributed by atoms with van der Waals surface area (Å²) in [6, 6.07) is 3.41. The van der Waals surface area contributed by atoms with Crippen molar-refractivity contribution in [1.29, 1.82) is 0 Å². The van der Waals surface area contributed by atoms with Gasteiger partial charge in [-0.3, -0.25) is 4.79 Å². The third-order valence-corrected chi connectivity index (χ3v) is 3.94. The molecule has 0 aliphatic carbocycles. The Morgan fingerprint density at radius 3 is 2.74 bits per heavy atom. The molecular formula is C14H20BrN3O. The van der Waals surface area contributed by atoms with Gasteiger partial charge in [-0.1, -0.05) is 13.8 Å². The molecule has 1 amide bonds. The van der Waals surface area contributed by atoms with Crippen molar-refractivity contribution < 1.29 is 4.79 Å². The fraction of sp³-hybridized carbons (Fsp3) is 0.500. The molecular weight excluding hydrogens is 306 g/mol. The Labute approximate surface area is 122 Å². The zero-order valence-electron chi connectivity index (χ0n) is 11.5. The van der Waals surface area contributed by atoms with Crippen LogP contribution < -0.4 is 16.0 Å². The van der Waals surface area contributed by atoms with E-state index in [0.29, 0.717) is 5.92 Å². The number of hydrogen-bond acceptors (Lipinski definition) is 3. The largest absolute Gasteiger partial charge is 0.371 e. The number of fused-ring (bicyclic) bond motifs is 1. The smallest absolute Gasteiger partial charge is 0.245 e. The minimum Gasteiger partial charge on any atom is -0.371 e. The fourth-order valence-corrected chi connectivity index (χ4v) is 2.99. The lowest BCUT2D eigenvalue weighted by molar-refractivity contribution is -0.116. The molecule has 1 aliphatic heterocycles. The molecule has 1 atom stereocenters. The van der Waals surface area contributed by atoms with E-state index in [4.69, 9.17) is 5.73 Å². The first-order chi connectivity index (χ1) is 8.93. The summed E-state index contributed by atoms with van der Waals surface area (Å²) >= 11 is 3.59. The van der Waals surface area contributed by atoms with Gasteiger partial charge in [-0.15, -0.1) is 0 Å². The van der Waals surface area contributed by atoms with Crippen LogP contribution in [0, 0.1) is 5.92 Å². The minimum atomic E-state index is -0.555. The van der Waals surface area contributed by atoms with Gasteiger partial charge in [-0.25, -0.2) is 0 Å². The first-order valence-corrected chi connectivity index (χ1v) is 7.38. The molecule has 3 N–H and O–H groups in total. The summed E-state index contributed by atoms with van der Waals surface area (Å²) < 4.78 is 0.987. The number of anilines is 2. The van der Waals surface area contributed by atoms with Gasteiger partial charge in [0.2, 0.25) is 5.91 Å². The molecule has 1 aromatic rings. The highest BCUT2D eigenvalue weighted by molar-refractivity contribution is 9.10. The van der Waals surface area contributed by atoms with Gasteiger partial charge in [0.1, 0.15) is 6.04 Å². The van der Waals surface area contributed by atoms with Gasteiger partial charge in [0.05, 0.1) is 5.69 Å². The highest BCUT2D eigenvalue weighted by atomic mass is 79.9. The van der Waals surface area contributed by atoms with E-state index in [1.165, 1.54) is 0 Å². The number of nitrogens with two attached hydrogens (primary N) is 1. The Bertz CT molecular complexity index is 502. The van der Waals surface area contributed by atoms with E-state index in [1.807, 2.05) is 12.1 Å². The second-order valence-corrected chi connectivity index (χ2v) is 6.14. The number of rotatable bonds is 4. The van der Waals surface area contributed by atoms with E-state index in [2.05, 4.69) is 46.9 Å². The van der Waals surface area contributed by atoms with E-state index in [1.54, 1.807) is 0 Å². The van der Waals surface area contributed by atoms with E-state index >= 15 is 0 Å². The summed E-state index contributed by atoms with van der Waals surface area (Å²) in [5.74, 6) is 0.447. The third-order valence-electron chi connectivity index (χ3n) is 3.30. The SMILES string of the molecule is CCN(CC(C)C)c1cc2c(cc1Br)C(N)C(=O)N2. The number of hydrogen-bond donors (Lipinski definition) is 2. The fourth-order valence-electron chi connectivity index (χ4n) is 2.38. The first kappa shape index (κ1) is 14.3. The van der Waals surface area contributed by atoms with Crippen molar-refractivity contribution in [1.82, 2.24) is 0 Å². The topological polar surface area (TPSA) is 58.4 Å². The molecule has 1 heterocycles. The lowest BCUT2D eigenvalue weighted by Crippen LogP contribution is -2.27. The Kier molecular flexibility index (Phi) is 4.16. The number of benzene rings is 1. The van der Waals surface area contributed by atoms with Crippen LogP contribution in [0.15, 0.2) is 16.6 Å². The molecule has 0 bridgehead atoms. The molecule has 1 aromatic carbocycles. The van der Waals surface area contributed by atoms with Crippen LogP contribution >= 0.6 is 15.9 Å². The molecule has 104 valence electrons. The van der Waals surface area contributed by atoms with Crippen molar-refractivity contribution in [3.05, 3.63) is 22.2 Å². The van der Waals surface area contributed by atoms with Gasteiger partial charge < -0.3 is 16.0 Å². The summed E-state index contributed by atoms with van der Waals surface area (Å²) in [6.07, 6.45) is 0. The highest BCUT2D eigenvalue weighted by Gasteiger charge is 2.28. The van der Waals surface area contributed by atoms with E-state index < -0.39 is 6.04 Å². The van der Waals surface area contributed by atoms with Crippen molar-refractivity contribution in [3.8, 4) is 0 Å². The molecule has 1 unspecified atom stereocenters. The number of nitrogens with zero attached hydrogens (tertiary/aromatic N) is 1. The molecule has 1 aliphatic rings. The molecule has 0 saturated carbocycles. The normalized spacial score (nSPS) is 17.6. The second kappa shape index (κ2) is 5.51. The van der Waals surface area contributed by atoms with Crippen LogP contribution in [-0.2, 0) is 4.79 Å². The van der Waals surface area contributed by atoms with Crippen molar-refractivity contribution in [2.75, 3.05) is 23.3 Å². The summed E-state index contributed by atoms with van der Waals surface area (Å²) in [5.41, 5.74) is 8.65. The summed E-state index contributed by atoms with van der Waals surface area (Å²) in [7, 11) is 0. The molecule has 0 saturated heterocycles. The van der Waals surface area contributed by atoms with Crippen LogP contribution in [0.5, 0.6) is 0 Å². The summed E-state index contributed by atoms with van der Waals surface area (Å²) in [5, 5.41) is 2.84. The average molecular weight is 326 g/mol. The van der Waals surface area contributed by atoms with Crippen LogP contribution in [0.4, 0.5) is 11.4 Å². The van der Waals surface area contributed by atoms with Gasteiger partial charge in [-0.2, -0.15) is 0 Å². The summed E-state index contributed by atoms with van der Waals surface area (Å²) in [6.45, 7) is 8.43. The van der Waals surface area contributed by atoms with E-state index in [-0.39, 0.29) is 5.91 Å². The zero-order chi connectivity index (χ0) is 14.2. The molecule has 0 aromatic heterocycles. The second-order valence-electron chi connectivity index (χ2n) is 5.29. The third kappa shape index (κ3) is 2.77. The maximum absolute atomic E-state index is 11.6. The highest BCUT2D eigenvalue weighted by Crippen LogP contribution is 2.38. The molecule has 0 radical (unpaired) electrons. The van der Waals surface area contributed by atoms with Gasteiger partial charge in [0.25, 0.3) is 0 Å². The molecule has 19 heavy (non-hydrogen) atoms. The maximum atomic E-state index is 11.6. The standard InChI is InChI=1S/C14H20BrN3O/c1-4-18(7-8(2)3)12-6-11-9(5-10(12)15)13(16)14(19)17-11/h5-6,8,13H,4,7,16H2,1-3H3,(H,17,19). The molecule has 0 spiro atoms. The van der Waals surface area contributed by atoms with Gasteiger partial charge >= 0.3 is 0 Å². The van der Waals surface area contributed by atoms with Gasteiger partial charge in [-0.05, 0) is 40.9 Å². The minimum absolute atomic E-state index is 0.133. The van der Waals surface area contributed by atoms with Gasteiger partial charge in [0, 0.05) is 28.8 Å². The number of carbonyl (C=O) groups excluding carboxylic acids is 1. The number of amides is 1. The molecule has 2 rings (SSSR count). The number of nitrogens with one attached hydrogen (secondary N) is 1. The van der Waals surface area contributed by atoms with Crippen molar-refractivity contribution in [2.24, 2.45) is 11.7 Å². The Morgan fingerprint density at radius 1 is 1.47 bits per heavy atom. The average Bonchev–Trinajstić information content (AvgIpc) is 2.62. The van der Waals surface area contributed by atoms with Crippen LogP contribution in [0.3, 0.4) is 0 Å². The molecule has 0 fully saturated rings. The number of halogens is 1. The molecule has 4 nitrogen and oxygen atoms in total. The van der Waals surface area contributed by atoms with Crippen LogP contribution in [-0.4, -0.2) is 19.0 Å². The zero-order valence-corrected chi connectivity index (χ0v) is 13.1. The van der Waals surface area contributed by atoms with Gasteiger partial charge in [0.15, 0.2) is 0 Å². The predicted molar refractivity (Wildman–Crippen MR) is 82.4 cm³/mol. The number of carbonyl (C=O) groups is 1. The van der Waals surface area contributed by atoms with Crippen LogP contribution in [0.25, 0.3) is 0 Å².